The maximum atomic E-state index is 12.7. The van der Waals surface area contributed by atoms with Gasteiger partial charge in [0.1, 0.15) is 23.1 Å². The number of ether oxygens (including phenoxy) is 1. The van der Waals surface area contributed by atoms with Crippen LogP contribution in [0.1, 0.15) is 53.0 Å². The highest BCUT2D eigenvalue weighted by atomic mass is 19.4. The van der Waals surface area contributed by atoms with E-state index in [1.807, 2.05) is 32.0 Å². The molecule has 2 atom stereocenters. The van der Waals surface area contributed by atoms with Crippen molar-refractivity contribution in [3.8, 4) is 5.75 Å². The van der Waals surface area contributed by atoms with Gasteiger partial charge in [0, 0.05) is 5.56 Å². The molecule has 1 aromatic heterocycles. The third kappa shape index (κ3) is 3.84. The predicted molar refractivity (Wildman–Crippen MR) is 92.8 cm³/mol. The Morgan fingerprint density at radius 1 is 1.26 bits per heavy atom. The van der Waals surface area contributed by atoms with Crippen LogP contribution in [-0.2, 0) is 6.18 Å². The van der Waals surface area contributed by atoms with Crippen molar-refractivity contribution >= 4 is 5.91 Å². The number of halogens is 3. The van der Waals surface area contributed by atoms with E-state index in [4.69, 9.17) is 4.74 Å². The van der Waals surface area contributed by atoms with Crippen LogP contribution < -0.4 is 15.6 Å². The minimum atomic E-state index is -4.68. The van der Waals surface area contributed by atoms with E-state index in [-0.39, 0.29) is 11.7 Å². The van der Waals surface area contributed by atoms with Gasteiger partial charge in [-0.25, -0.2) is 0 Å². The van der Waals surface area contributed by atoms with Crippen molar-refractivity contribution in [2.45, 2.75) is 45.0 Å². The molecule has 0 bridgehead atoms. The number of benzene rings is 1. The van der Waals surface area contributed by atoms with Crippen LogP contribution in [0.4, 0.5) is 13.2 Å². The molecule has 5 nitrogen and oxygen atoms in total. The SMILES string of the molecule is CCC[C@H]1Oc2cc(C)ccc2[C@@H]1NC(=O)c1ccc(C(F)(F)F)[nH]c1=O. The Hall–Kier alpha value is -2.77. The van der Waals surface area contributed by atoms with Crippen LogP contribution in [0, 0.1) is 6.92 Å². The highest BCUT2D eigenvalue weighted by Gasteiger charge is 2.36. The highest BCUT2D eigenvalue weighted by Crippen LogP contribution is 2.39. The molecule has 2 heterocycles. The fraction of sp³-hybridized carbons (Fsp3) is 0.368. The van der Waals surface area contributed by atoms with Crippen molar-refractivity contribution in [1.29, 1.82) is 0 Å². The maximum absolute atomic E-state index is 12.7. The van der Waals surface area contributed by atoms with Gasteiger partial charge in [-0.05, 0) is 37.1 Å². The fourth-order valence-electron chi connectivity index (χ4n) is 3.15. The molecule has 1 aromatic carbocycles. The van der Waals surface area contributed by atoms with Crippen LogP contribution in [0.2, 0.25) is 0 Å². The molecular formula is C19H19F3N2O3. The van der Waals surface area contributed by atoms with Crippen LogP contribution in [0.5, 0.6) is 5.75 Å². The molecule has 0 fully saturated rings. The standard InChI is InChI=1S/C19H19F3N2O3/c1-3-4-13-16(11-6-5-10(2)9-14(11)27-13)24-18(26)12-7-8-15(19(20,21)22)23-17(12)25/h5-9,13,16H,3-4H2,1-2H3,(H,23,25)(H,24,26)/t13-,16+/m1/s1. The van der Waals surface area contributed by atoms with Gasteiger partial charge in [0.2, 0.25) is 0 Å². The number of pyridine rings is 1. The summed E-state index contributed by atoms with van der Waals surface area (Å²) in [7, 11) is 0. The molecule has 0 saturated carbocycles. The first kappa shape index (κ1) is 19.0. The van der Waals surface area contributed by atoms with E-state index < -0.39 is 29.4 Å². The summed E-state index contributed by atoms with van der Waals surface area (Å²) >= 11 is 0. The fourth-order valence-corrected chi connectivity index (χ4v) is 3.15. The maximum Gasteiger partial charge on any atom is 0.431 e. The summed E-state index contributed by atoms with van der Waals surface area (Å²) in [5, 5.41) is 2.74. The Bertz CT molecular complexity index is 921. The van der Waals surface area contributed by atoms with Crippen molar-refractivity contribution in [2.75, 3.05) is 0 Å². The van der Waals surface area contributed by atoms with Gasteiger partial charge in [-0.15, -0.1) is 0 Å². The van der Waals surface area contributed by atoms with Crippen molar-refractivity contribution in [1.82, 2.24) is 10.3 Å². The average molecular weight is 380 g/mol. The smallest absolute Gasteiger partial charge is 0.431 e. The quantitative estimate of drug-likeness (QED) is 0.849. The number of hydrogen-bond donors (Lipinski definition) is 2. The van der Waals surface area contributed by atoms with Gasteiger partial charge in [0.25, 0.3) is 11.5 Å². The molecule has 0 spiro atoms. The van der Waals surface area contributed by atoms with E-state index in [0.717, 1.165) is 23.6 Å². The number of H-pyrrole nitrogens is 1. The topological polar surface area (TPSA) is 71.2 Å². The van der Waals surface area contributed by atoms with Gasteiger partial charge in [0.15, 0.2) is 0 Å². The van der Waals surface area contributed by atoms with Crippen LogP contribution in [0.15, 0.2) is 35.1 Å². The number of aromatic nitrogens is 1. The zero-order valence-electron chi connectivity index (χ0n) is 14.8. The summed E-state index contributed by atoms with van der Waals surface area (Å²) in [6.45, 7) is 3.91. The number of fused-ring (bicyclic) bond motifs is 1. The second-order valence-electron chi connectivity index (χ2n) is 6.55. The number of aryl methyl sites for hydroxylation is 1. The molecule has 1 aliphatic rings. The van der Waals surface area contributed by atoms with Gasteiger partial charge in [-0.2, -0.15) is 13.2 Å². The Morgan fingerprint density at radius 2 is 2.00 bits per heavy atom. The van der Waals surface area contributed by atoms with Crippen LogP contribution >= 0.6 is 0 Å². The van der Waals surface area contributed by atoms with E-state index in [9.17, 15) is 22.8 Å². The van der Waals surface area contributed by atoms with E-state index in [2.05, 4.69) is 5.32 Å². The zero-order valence-corrected chi connectivity index (χ0v) is 14.8. The monoisotopic (exact) mass is 380 g/mol. The van der Waals surface area contributed by atoms with E-state index >= 15 is 0 Å². The minimum Gasteiger partial charge on any atom is -0.488 e. The number of alkyl halides is 3. The molecule has 8 heteroatoms. The lowest BCUT2D eigenvalue weighted by molar-refractivity contribution is -0.141. The largest absolute Gasteiger partial charge is 0.488 e. The van der Waals surface area contributed by atoms with Crippen molar-refractivity contribution in [3.05, 3.63) is 63.1 Å². The lowest BCUT2D eigenvalue weighted by Crippen LogP contribution is -2.38. The van der Waals surface area contributed by atoms with Crippen molar-refractivity contribution in [3.63, 3.8) is 0 Å². The third-order valence-electron chi connectivity index (χ3n) is 4.47. The van der Waals surface area contributed by atoms with Crippen LogP contribution in [0.3, 0.4) is 0 Å². The average Bonchev–Trinajstić information content (AvgIpc) is 2.90. The number of nitrogens with one attached hydrogen (secondary N) is 2. The first-order valence-corrected chi connectivity index (χ1v) is 8.59. The Labute approximate surface area is 153 Å². The first-order valence-electron chi connectivity index (χ1n) is 8.59. The molecular weight excluding hydrogens is 361 g/mol. The molecule has 1 aliphatic heterocycles. The first-order chi connectivity index (χ1) is 12.7. The molecule has 1 amide bonds. The van der Waals surface area contributed by atoms with Crippen LogP contribution in [-0.4, -0.2) is 17.0 Å². The zero-order chi connectivity index (χ0) is 19.8. The molecule has 27 heavy (non-hydrogen) atoms. The van der Waals surface area contributed by atoms with Crippen molar-refractivity contribution < 1.29 is 22.7 Å². The summed E-state index contributed by atoms with van der Waals surface area (Å²) in [5.74, 6) is -0.0758. The molecule has 0 unspecified atom stereocenters. The summed E-state index contributed by atoms with van der Waals surface area (Å²) in [4.78, 5) is 26.2. The molecule has 2 aromatic rings. The van der Waals surface area contributed by atoms with Gasteiger partial charge in [0.05, 0.1) is 6.04 Å². The third-order valence-corrected chi connectivity index (χ3v) is 4.47. The Morgan fingerprint density at radius 3 is 2.63 bits per heavy atom. The summed E-state index contributed by atoms with van der Waals surface area (Å²) in [5.41, 5.74) is -0.861. The van der Waals surface area contributed by atoms with E-state index in [1.54, 1.807) is 4.98 Å². The second kappa shape index (κ2) is 7.09. The molecule has 3 rings (SSSR count). The molecule has 0 aliphatic carbocycles. The Balaban J connectivity index is 1.87. The molecule has 0 saturated heterocycles. The second-order valence-corrected chi connectivity index (χ2v) is 6.55. The molecule has 0 radical (unpaired) electrons. The van der Waals surface area contributed by atoms with Crippen molar-refractivity contribution in [2.24, 2.45) is 0 Å². The number of amides is 1. The Kier molecular flexibility index (Phi) is 4.99. The summed E-state index contributed by atoms with van der Waals surface area (Å²) < 4.78 is 43.9. The van der Waals surface area contributed by atoms with Gasteiger partial charge < -0.3 is 15.0 Å². The summed E-state index contributed by atoms with van der Waals surface area (Å²) in [6, 6.07) is 6.70. The van der Waals surface area contributed by atoms with E-state index in [1.165, 1.54) is 0 Å². The predicted octanol–water partition coefficient (Wildman–Crippen LogP) is 3.73. The minimum absolute atomic E-state index is 0.302. The number of aromatic amines is 1. The summed E-state index contributed by atoms with van der Waals surface area (Å²) in [6.07, 6.45) is -3.48. The van der Waals surface area contributed by atoms with Crippen LogP contribution in [0.25, 0.3) is 0 Å². The normalized spacial score (nSPS) is 18.7. The number of rotatable bonds is 4. The lowest BCUT2D eigenvalue weighted by Gasteiger charge is -2.20. The van der Waals surface area contributed by atoms with Gasteiger partial charge >= 0.3 is 6.18 Å². The number of carbonyl (C=O) groups is 1. The highest BCUT2D eigenvalue weighted by molar-refractivity contribution is 5.94. The van der Waals surface area contributed by atoms with Gasteiger partial charge in [-0.1, -0.05) is 25.5 Å². The molecule has 144 valence electrons. The number of hydrogen-bond acceptors (Lipinski definition) is 3. The lowest BCUT2D eigenvalue weighted by atomic mass is 9.99. The molecule has 2 N–H and O–H groups in total. The van der Waals surface area contributed by atoms with Gasteiger partial charge in [-0.3, -0.25) is 9.59 Å². The van der Waals surface area contributed by atoms with E-state index in [0.29, 0.717) is 18.2 Å². The number of carbonyl (C=O) groups excluding carboxylic acids is 1.